The normalized spacial score (nSPS) is 20.4. The van der Waals surface area contributed by atoms with E-state index in [1.54, 1.807) is 12.1 Å². The average Bonchev–Trinajstić information content (AvgIpc) is 2.62. The van der Waals surface area contributed by atoms with Gasteiger partial charge in [-0.2, -0.15) is 0 Å². The van der Waals surface area contributed by atoms with Crippen LogP contribution in [0.25, 0.3) is 0 Å². The first-order valence-electron chi connectivity index (χ1n) is 9.43. The van der Waals surface area contributed by atoms with Crippen molar-refractivity contribution in [2.24, 2.45) is 0 Å². The lowest BCUT2D eigenvalue weighted by molar-refractivity contribution is 0.178. The number of piperidine rings is 1. The number of hydrogen-bond donors (Lipinski definition) is 2. The maximum absolute atomic E-state index is 12.5. The molecular weight excluding hydrogens is 316 g/mol. The second-order valence-electron chi connectivity index (χ2n) is 7.21. The van der Waals surface area contributed by atoms with Crippen LogP contribution in [0.3, 0.4) is 0 Å². The maximum atomic E-state index is 12.5. The summed E-state index contributed by atoms with van der Waals surface area (Å²) in [7, 11) is 0. The lowest BCUT2D eigenvalue weighted by Crippen LogP contribution is -2.54. The van der Waals surface area contributed by atoms with E-state index in [1.807, 2.05) is 17.0 Å². The predicted octanol–water partition coefficient (Wildman–Crippen LogP) is 2.10. The molecule has 2 heterocycles. The smallest absolute Gasteiger partial charge is 0.317 e. The van der Waals surface area contributed by atoms with E-state index >= 15 is 0 Å². The number of likely N-dealkylation sites (tertiary alicyclic amines) is 1. The van der Waals surface area contributed by atoms with Gasteiger partial charge in [0.05, 0.1) is 0 Å². The standard InChI is InChI=1S/C19H30N4O2/c1-16(15-21-8-3-2-4-9-21)20-19(25)23-12-10-22(11-13-23)17-6-5-7-18(24)14-17/h5-7,14,16,24H,2-4,8-13,15H2,1H3,(H,20,25). The molecule has 0 saturated carbocycles. The van der Waals surface area contributed by atoms with Gasteiger partial charge in [-0.3, -0.25) is 0 Å². The number of amides is 2. The van der Waals surface area contributed by atoms with Crippen molar-refractivity contribution in [2.75, 3.05) is 50.7 Å². The van der Waals surface area contributed by atoms with Crippen LogP contribution >= 0.6 is 0 Å². The van der Waals surface area contributed by atoms with Crippen molar-refractivity contribution >= 4 is 11.7 Å². The van der Waals surface area contributed by atoms with Gasteiger partial charge in [0.1, 0.15) is 5.75 Å². The van der Waals surface area contributed by atoms with Crippen molar-refractivity contribution in [3.63, 3.8) is 0 Å². The number of phenolic OH excluding ortho intramolecular Hbond substituents is 1. The molecule has 1 aromatic carbocycles. The second-order valence-corrected chi connectivity index (χ2v) is 7.21. The highest BCUT2D eigenvalue weighted by Gasteiger charge is 2.23. The van der Waals surface area contributed by atoms with Crippen LogP contribution in [0.15, 0.2) is 24.3 Å². The Morgan fingerprint density at radius 3 is 2.52 bits per heavy atom. The highest BCUT2D eigenvalue weighted by atomic mass is 16.3. The van der Waals surface area contributed by atoms with Crippen molar-refractivity contribution in [3.8, 4) is 5.75 Å². The molecule has 0 radical (unpaired) electrons. The zero-order valence-electron chi connectivity index (χ0n) is 15.2. The van der Waals surface area contributed by atoms with Crippen LogP contribution in [0.4, 0.5) is 10.5 Å². The average molecular weight is 346 g/mol. The molecule has 1 atom stereocenters. The molecular formula is C19H30N4O2. The van der Waals surface area contributed by atoms with Gasteiger partial charge < -0.3 is 25.1 Å². The van der Waals surface area contributed by atoms with Gasteiger partial charge in [0, 0.05) is 50.5 Å². The molecule has 25 heavy (non-hydrogen) atoms. The van der Waals surface area contributed by atoms with Gasteiger partial charge in [-0.1, -0.05) is 12.5 Å². The minimum absolute atomic E-state index is 0.0417. The number of aromatic hydroxyl groups is 1. The molecule has 2 saturated heterocycles. The van der Waals surface area contributed by atoms with Gasteiger partial charge in [0.2, 0.25) is 0 Å². The molecule has 6 nitrogen and oxygen atoms in total. The van der Waals surface area contributed by atoms with E-state index in [1.165, 1.54) is 19.3 Å². The third-order valence-electron chi connectivity index (χ3n) is 5.11. The number of carbonyl (C=O) groups is 1. The molecule has 6 heteroatoms. The van der Waals surface area contributed by atoms with Gasteiger partial charge in [-0.05, 0) is 45.0 Å². The number of anilines is 1. The Balaban J connectivity index is 1.43. The molecule has 0 aliphatic carbocycles. The Hall–Kier alpha value is -1.95. The van der Waals surface area contributed by atoms with Crippen LogP contribution in [0.2, 0.25) is 0 Å². The lowest BCUT2D eigenvalue weighted by atomic mass is 10.1. The van der Waals surface area contributed by atoms with Crippen LogP contribution in [0.1, 0.15) is 26.2 Å². The fourth-order valence-electron chi connectivity index (χ4n) is 3.73. The molecule has 3 rings (SSSR count). The third kappa shape index (κ3) is 5.01. The first-order chi connectivity index (χ1) is 12.1. The predicted molar refractivity (Wildman–Crippen MR) is 100 cm³/mol. The monoisotopic (exact) mass is 346 g/mol. The summed E-state index contributed by atoms with van der Waals surface area (Å²) in [6.07, 6.45) is 3.88. The summed E-state index contributed by atoms with van der Waals surface area (Å²) >= 11 is 0. The first-order valence-corrected chi connectivity index (χ1v) is 9.43. The lowest BCUT2D eigenvalue weighted by Gasteiger charge is -2.37. The topological polar surface area (TPSA) is 59.1 Å². The molecule has 1 unspecified atom stereocenters. The van der Waals surface area contributed by atoms with Crippen LogP contribution in [0.5, 0.6) is 5.75 Å². The summed E-state index contributed by atoms with van der Waals surface area (Å²) < 4.78 is 0. The number of rotatable bonds is 4. The fraction of sp³-hybridized carbons (Fsp3) is 0.632. The number of benzene rings is 1. The second kappa shape index (κ2) is 8.43. The van der Waals surface area contributed by atoms with E-state index < -0.39 is 0 Å². The van der Waals surface area contributed by atoms with Crippen LogP contribution in [0, 0.1) is 0 Å². The molecule has 2 amide bonds. The van der Waals surface area contributed by atoms with E-state index in [2.05, 4.69) is 22.0 Å². The van der Waals surface area contributed by atoms with E-state index in [4.69, 9.17) is 0 Å². The molecule has 1 aromatic rings. The summed E-state index contributed by atoms with van der Waals surface area (Å²) in [4.78, 5) is 19.0. The minimum atomic E-state index is 0.0417. The van der Waals surface area contributed by atoms with E-state index in [9.17, 15) is 9.90 Å². The SMILES string of the molecule is CC(CN1CCCCC1)NC(=O)N1CCN(c2cccc(O)c2)CC1. The fourth-order valence-corrected chi connectivity index (χ4v) is 3.73. The maximum Gasteiger partial charge on any atom is 0.317 e. The third-order valence-corrected chi connectivity index (χ3v) is 5.11. The first kappa shape index (κ1) is 17.9. The Morgan fingerprint density at radius 1 is 1.12 bits per heavy atom. The van der Waals surface area contributed by atoms with Gasteiger partial charge in [-0.15, -0.1) is 0 Å². The Kier molecular flexibility index (Phi) is 6.02. The van der Waals surface area contributed by atoms with Gasteiger partial charge >= 0.3 is 6.03 Å². The zero-order valence-corrected chi connectivity index (χ0v) is 15.2. The zero-order chi connectivity index (χ0) is 17.6. The molecule has 138 valence electrons. The highest BCUT2D eigenvalue weighted by molar-refractivity contribution is 5.75. The van der Waals surface area contributed by atoms with Gasteiger partial charge in [-0.25, -0.2) is 4.79 Å². The molecule has 0 bridgehead atoms. The van der Waals surface area contributed by atoms with Crippen LogP contribution < -0.4 is 10.2 Å². The minimum Gasteiger partial charge on any atom is -0.508 e. The largest absolute Gasteiger partial charge is 0.508 e. The number of phenols is 1. The number of carbonyl (C=O) groups excluding carboxylic acids is 1. The number of nitrogens with one attached hydrogen (secondary N) is 1. The van der Waals surface area contributed by atoms with E-state index in [0.717, 1.165) is 38.4 Å². The molecule has 2 aliphatic heterocycles. The Morgan fingerprint density at radius 2 is 1.84 bits per heavy atom. The summed E-state index contributed by atoms with van der Waals surface area (Å²) in [6, 6.07) is 7.52. The quantitative estimate of drug-likeness (QED) is 0.877. The van der Waals surface area contributed by atoms with Crippen molar-refractivity contribution in [2.45, 2.75) is 32.2 Å². The summed E-state index contributed by atoms with van der Waals surface area (Å²) in [6.45, 7) is 8.33. The molecule has 2 fully saturated rings. The summed E-state index contributed by atoms with van der Waals surface area (Å²) in [5.74, 6) is 0.282. The van der Waals surface area contributed by atoms with Gasteiger partial charge in [0.25, 0.3) is 0 Å². The number of piperazine rings is 1. The molecule has 0 spiro atoms. The van der Waals surface area contributed by atoms with Crippen molar-refractivity contribution in [3.05, 3.63) is 24.3 Å². The highest BCUT2D eigenvalue weighted by Crippen LogP contribution is 2.21. The van der Waals surface area contributed by atoms with Crippen molar-refractivity contribution in [1.29, 1.82) is 0 Å². The van der Waals surface area contributed by atoms with Crippen LogP contribution in [-0.2, 0) is 0 Å². The Labute approximate surface area is 150 Å². The molecule has 2 aliphatic rings. The van der Waals surface area contributed by atoms with E-state index in [-0.39, 0.29) is 17.8 Å². The van der Waals surface area contributed by atoms with E-state index in [0.29, 0.717) is 13.1 Å². The summed E-state index contributed by atoms with van der Waals surface area (Å²) in [5.41, 5.74) is 1.01. The van der Waals surface area contributed by atoms with Crippen molar-refractivity contribution < 1.29 is 9.90 Å². The number of hydrogen-bond acceptors (Lipinski definition) is 4. The number of urea groups is 1. The molecule has 0 aromatic heterocycles. The van der Waals surface area contributed by atoms with Crippen LogP contribution in [-0.4, -0.2) is 72.8 Å². The Bertz CT molecular complexity index is 566. The van der Waals surface area contributed by atoms with Gasteiger partial charge in [0.15, 0.2) is 0 Å². The van der Waals surface area contributed by atoms with Crippen molar-refractivity contribution in [1.82, 2.24) is 15.1 Å². The molecule has 2 N–H and O–H groups in total. The number of nitrogens with zero attached hydrogens (tertiary/aromatic N) is 3. The summed E-state index contributed by atoms with van der Waals surface area (Å²) in [5, 5.41) is 12.8.